The molecule has 26 heavy (non-hydrogen) atoms. The van der Waals surface area contributed by atoms with Gasteiger partial charge in [0.25, 0.3) is 0 Å². The van der Waals surface area contributed by atoms with E-state index in [0.717, 1.165) is 25.7 Å². The molecular weight excluding hydrogens is 394 g/mol. The molecule has 0 N–H and O–H groups in total. The van der Waals surface area contributed by atoms with Crippen molar-refractivity contribution in [3.63, 3.8) is 0 Å². The van der Waals surface area contributed by atoms with E-state index in [0.29, 0.717) is 18.1 Å². The lowest BCUT2D eigenvalue weighted by molar-refractivity contribution is 0.423. The van der Waals surface area contributed by atoms with E-state index < -0.39 is 19.9 Å². The molecule has 2 aromatic rings. The zero-order valence-corrected chi connectivity index (χ0v) is 16.5. The summed E-state index contributed by atoms with van der Waals surface area (Å²) < 4.78 is 52.9. The maximum atomic E-state index is 12.9. The van der Waals surface area contributed by atoms with Gasteiger partial charge in [-0.05, 0) is 55.3 Å². The van der Waals surface area contributed by atoms with Crippen molar-refractivity contribution in [2.24, 2.45) is 0 Å². The van der Waals surface area contributed by atoms with Gasteiger partial charge in [0.15, 0.2) is 0 Å². The molecule has 1 aliphatic rings. The molecule has 0 saturated carbocycles. The van der Waals surface area contributed by atoms with E-state index in [4.69, 9.17) is 11.6 Å². The largest absolute Gasteiger partial charge is 0.243 e. The number of sulfonamides is 1. The first-order valence-corrected chi connectivity index (χ1v) is 11.7. The molecule has 0 bridgehead atoms. The molecule has 0 atom stereocenters. The van der Waals surface area contributed by atoms with Gasteiger partial charge in [-0.3, -0.25) is 0 Å². The van der Waals surface area contributed by atoms with E-state index in [1.807, 2.05) is 0 Å². The summed E-state index contributed by atoms with van der Waals surface area (Å²) in [7, 11) is -7.53. The fraction of sp³-hybridized carbons (Fsp3) is 0.333. The summed E-state index contributed by atoms with van der Waals surface area (Å²) in [6.07, 6.45) is 3.66. The lowest BCUT2D eigenvalue weighted by atomic mass is 10.2. The molecule has 1 aliphatic heterocycles. The summed E-state index contributed by atoms with van der Waals surface area (Å²) >= 11 is 5.81. The Bertz CT molecular complexity index is 978. The number of halogens is 1. The van der Waals surface area contributed by atoms with Crippen molar-refractivity contribution in [1.29, 1.82) is 0 Å². The molecule has 1 fully saturated rings. The second kappa shape index (κ2) is 7.68. The molecule has 0 amide bonds. The molecule has 140 valence electrons. The zero-order valence-electron chi connectivity index (χ0n) is 14.1. The van der Waals surface area contributed by atoms with Gasteiger partial charge in [-0.1, -0.05) is 30.5 Å². The average Bonchev–Trinajstić information content (AvgIpc) is 2.92. The summed E-state index contributed by atoms with van der Waals surface area (Å²) in [5.74, 6) is 0. The molecule has 0 radical (unpaired) electrons. The minimum absolute atomic E-state index is 0.00874. The Kier molecular flexibility index (Phi) is 5.72. The Morgan fingerprint density at radius 2 is 1.31 bits per heavy atom. The Morgan fingerprint density at radius 3 is 1.92 bits per heavy atom. The predicted molar refractivity (Wildman–Crippen MR) is 101 cm³/mol. The molecular formula is C18H20ClNO4S2. The number of hydrogen-bond donors (Lipinski definition) is 0. The third-order valence-corrected chi connectivity index (χ3v) is 8.36. The quantitative estimate of drug-likeness (QED) is 0.765. The van der Waals surface area contributed by atoms with Gasteiger partial charge in [0.05, 0.1) is 14.7 Å². The van der Waals surface area contributed by atoms with E-state index in [9.17, 15) is 16.8 Å². The molecule has 5 nitrogen and oxygen atoms in total. The molecule has 0 aliphatic carbocycles. The van der Waals surface area contributed by atoms with Crippen molar-refractivity contribution in [3.8, 4) is 0 Å². The maximum absolute atomic E-state index is 12.9. The van der Waals surface area contributed by atoms with E-state index >= 15 is 0 Å². The van der Waals surface area contributed by atoms with E-state index in [1.54, 1.807) is 0 Å². The molecule has 8 heteroatoms. The molecule has 3 rings (SSSR count). The van der Waals surface area contributed by atoms with Gasteiger partial charge in [-0.25, -0.2) is 16.8 Å². The van der Waals surface area contributed by atoms with Gasteiger partial charge in [0.1, 0.15) is 0 Å². The fourth-order valence-corrected chi connectivity index (χ4v) is 6.05. The fourth-order valence-electron chi connectivity index (χ4n) is 2.98. The number of sulfone groups is 1. The standard InChI is InChI=1S/C18H20ClNO4S2/c19-15-8-10-16(11-9-15)25(21,22)17-6-5-7-18(14-17)26(23,24)20-12-3-1-2-4-13-20/h5-11,14H,1-4,12-13H2. The summed E-state index contributed by atoms with van der Waals surface area (Å²) in [6.45, 7) is 0.937. The second-order valence-corrected chi connectivity index (χ2v) is 10.6. The summed E-state index contributed by atoms with van der Waals surface area (Å²) in [5, 5.41) is 0.432. The van der Waals surface area contributed by atoms with Crippen LogP contribution in [0, 0.1) is 0 Å². The maximum Gasteiger partial charge on any atom is 0.243 e. The van der Waals surface area contributed by atoms with Crippen molar-refractivity contribution in [2.75, 3.05) is 13.1 Å². The number of hydrogen-bond acceptors (Lipinski definition) is 4. The van der Waals surface area contributed by atoms with Crippen LogP contribution in [0.25, 0.3) is 0 Å². The Hall–Kier alpha value is -1.41. The Balaban J connectivity index is 1.98. The third-order valence-electron chi connectivity index (χ3n) is 4.44. The highest BCUT2D eigenvalue weighted by atomic mass is 35.5. The molecule has 0 aromatic heterocycles. The van der Waals surface area contributed by atoms with Crippen LogP contribution in [0.4, 0.5) is 0 Å². The number of nitrogens with zero attached hydrogens (tertiary/aromatic N) is 1. The van der Waals surface area contributed by atoms with Crippen molar-refractivity contribution in [1.82, 2.24) is 4.31 Å². The summed E-state index contributed by atoms with van der Waals surface area (Å²) in [6, 6.07) is 11.4. The second-order valence-electron chi connectivity index (χ2n) is 6.25. The normalized spacial score (nSPS) is 17.0. The predicted octanol–water partition coefficient (Wildman–Crippen LogP) is 3.74. The van der Waals surface area contributed by atoms with Crippen LogP contribution in [0.1, 0.15) is 25.7 Å². The SMILES string of the molecule is O=S(=O)(c1ccc(Cl)cc1)c1cccc(S(=O)(=O)N2CCCCCC2)c1. The number of rotatable bonds is 4. The van der Waals surface area contributed by atoms with Gasteiger partial charge in [0, 0.05) is 18.1 Å². The zero-order chi connectivity index (χ0) is 18.8. The van der Waals surface area contributed by atoms with Crippen LogP contribution in [-0.4, -0.2) is 34.2 Å². The highest BCUT2D eigenvalue weighted by Crippen LogP contribution is 2.26. The molecule has 2 aromatic carbocycles. The number of benzene rings is 2. The van der Waals surface area contributed by atoms with Crippen molar-refractivity contribution < 1.29 is 16.8 Å². The summed E-state index contributed by atoms with van der Waals surface area (Å²) in [5.41, 5.74) is 0. The first-order valence-electron chi connectivity index (χ1n) is 8.43. The first kappa shape index (κ1) is 19.4. The van der Waals surface area contributed by atoms with Crippen LogP contribution in [0.3, 0.4) is 0 Å². The van der Waals surface area contributed by atoms with E-state index in [-0.39, 0.29) is 14.7 Å². The molecule has 0 spiro atoms. The van der Waals surface area contributed by atoms with E-state index in [2.05, 4.69) is 0 Å². The Morgan fingerprint density at radius 1 is 0.731 bits per heavy atom. The lowest BCUT2D eigenvalue weighted by Crippen LogP contribution is -2.32. The molecule has 1 saturated heterocycles. The average molecular weight is 414 g/mol. The van der Waals surface area contributed by atoms with Crippen LogP contribution in [0.5, 0.6) is 0 Å². The van der Waals surface area contributed by atoms with Gasteiger partial charge in [-0.15, -0.1) is 0 Å². The minimum atomic E-state index is -3.82. The van der Waals surface area contributed by atoms with Crippen molar-refractivity contribution in [3.05, 3.63) is 53.6 Å². The highest BCUT2D eigenvalue weighted by molar-refractivity contribution is 7.91. The van der Waals surface area contributed by atoms with Crippen LogP contribution in [0.15, 0.2) is 63.2 Å². The molecule has 0 unspecified atom stereocenters. The summed E-state index contributed by atoms with van der Waals surface area (Å²) in [4.78, 5) is 0.0383. The van der Waals surface area contributed by atoms with Crippen molar-refractivity contribution in [2.45, 2.75) is 40.4 Å². The lowest BCUT2D eigenvalue weighted by Gasteiger charge is -2.20. The van der Waals surface area contributed by atoms with Gasteiger partial charge < -0.3 is 0 Å². The van der Waals surface area contributed by atoms with Crippen molar-refractivity contribution >= 4 is 31.5 Å². The highest BCUT2D eigenvalue weighted by Gasteiger charge is 2.27. The smallest absolute Gasteiger partial charge is 0.219 e. The minimum Gasteiger partial charge on any atom is -0.219 e. The third kappa shape index (κ3) is 3.96. The van der Waals surface area contributed by atoms with Crippen LogP contribution in [-0.2, 0) is 19.9 Å². The van der Waals surface area contributed by atoms with Gasteiger partial charge >= 0.3 is 0 Å². The first-order chi connectivity index (χ1) is 12.3. The van der Waals surface area contributed by atoms with Crippen LogP contribution < -0.4 is 0 Å². The van der Waals surface area contributed by atoms with E-state index in [1.165, 1.54) is 52.8 Å². The topological polar surface area (TPSA) is 71.5 Å². The van der Waals surface area contributed by atoms with Gasteiger partial charge in [-0.2, -0.15) is 4.31 Å². The monoisotopic (exact) mass is 413 g/mol. The van der Waals surface area contributed by atoms with Crippen LogP contribution >= 0.6 is 11.6 Å². The molecule has 1 heterocycles. The Labute approximate surface area is 159 Å². The van der Waals surface area contributed by atoms with Gasteiger partial charge in [0.2, 0.25) is 19.9 Å². The van der Waals surface area contributed by atoms with Crippen LogP contribution in [0.2, 0.25) is 5.02 Å².